The molecule has 2 rings (SSSR count). The monoisotopic (exact) mass is 292 g/mol. The zero-order chi connectivity index (χ0) is 15.6. The fourth-order valence-electron chi connectivity index (χ4n) is 2.06. The van der Waals surface area contributed by atoms with Crippen molar-refractivity contribution in [1.82, 2.24) is 0 Å². The van der Waals surface area contributed by atoms with Crippen molar-refractivity contribution in [3.8, 4) is 5.75 Å². The number of aromatic hydroxyl groups is 1. The van der Waals surface area contributed by atoms with Gasteiger partial charge in [-0.1, -0.05) is 24.3 Å². The van der Waals surface area contributed by atoms with Crippen molar-refractivity contribution in [2.45, 2.75) is 20.0 Å². The predicted octanol–water partition coefficient (Wildman–Crippen LogP) is 5.20. The Morgan fingerprint density at radius 1 is 0.857 bits per heavy atom. The Labute approximate surface area is 121 Å². The number of halogens is 3. The van der Waals surface area contributed by atoms with Crippen LogP contribution in [-0.2, 0) is 6.18 Å². The molecule has 0 aliphatic carbocycles. The lowest BCUT2D eigenvalue weighted by Crippen LogP contribution is -2.03. The number of benzene rings is 2. The van der Waals surface area contributed by atoms with Gasteiger partial charge in [-0.3, -0.25) is 0 Å². The molecule has 21 heavy (non-hydrogen) atoms. The minimum Gasteiger partial charge on any atom is -0.507 e. The molecule has 2 aromatic rings. The first-order valence-electron chi connectivity index (χ1n) is 6.43. The molecule has 2 aromatic carbocycles. The summed E-state index contributed by atoms with van der Waals surface area (Å²) < 4.78 is 37.4. The van der Waals surface area contributed by atoms with E-state index in [0.29, 0.717) is 5.56 Å². The van der Waals surface area contributed by atoms with Gasteiger partial charge in [-0.2, -0.15) is 13.2 Å². The molecule has 0 fully saturated rings. The quantitative estimate of drug-likeness (QED) is 0.754. The summed E-state index contributed by atoms with van der Waals surface area (Å²) in [5.41, 5.74) is 2.45. The SMILES string of the molecule is Cc1cc(/C=C/c2ccc(C(F)(F)F)cc2)cc(C)c1O. The number of phenolic OH excluding ortho intramolecular Hbond substituents is 1. The minimum atomic E-state index is -4.31. The van der Waals surface area contributed by atoms with E-state index >= 15 is 0 Å². The molecule has 4 heteroatoms. The van der Waals surface area contributed by atoms with Crippen LogP contribution in [0.4, 0.5) is 13.2 Å². The minimum absolute atomic E-state index is 0.265. The lowest BCUT2D eigenvalue weighted by Gasteiger charge is -2.06. The molecule has 0 heterocycles. The Kier molecular flexibility index (Phi) is 4.07. The van der Waals surface area contributed by atoms with Crippen molar-refractivity contribution in [3.05, 3.63) is 64.2 Å². The number of alkyl halides is 3. The number of aryl methyl sites for hydroxylation is 2. The average Bonchev–Trinajstić information content (AvgIpc) is 2.42. The van der Waals surface area contributed by atoms with Crippen LogP contribution in [0, 0.1) is 13.8 Å². The highest BCUT2D eigenvalue weighted by molar-refractivity contribution is 5.71. The van der Waals surface area contributed by atoms with Crippen molar-refractivity contribution in [3.63, 3.8) is 0 Å². The molecule has 0 spiro atoms. The second-order valence-corrected chi connectivity index (χ2v) is 4.96. The largest absolute Gasteiger partial charge is 0.507 e. The van der Waals surface area contributed by atoms with Gasteiger partial charge in [0.15, 0.2) is 0 Å². The van der Waals surface area contributed by atoms with Crippen molar-refractivity contribution >= 4 is 12.2 Å². The third kappa shape index (κ3) is 3.66. The molecule has 0 saturated carbocycles. The van der Waals surface area contributed by atoms with E-state index < -0.39 is 11.7 Å². The fraction of sp³-hybridized carbons (Fsp3) is 0.176. The number of phenols is 1. The van der Waals surface area contributed by atoms with E-state index in [1.807, 2.05) is 18.2 Å². The predicted molar refractivity (Wildman–Crippen MR) is 78.0 cm³/mol. The Bertz CT molecular complexity index is 644. The Balaban J connectivity index is 2.22. The van der Waals surface area contributed by atoms with Crippen LogP contribution in [0.5, 0.6) is 5.75 Å². The van der Waals surface area contributed by atoms with Crippen molar-refractivity contribution in [1.29, 1.82) is 0 Å². The van der Waals surface area contributed by atoms with Gasteiger partial charge in [-0.05, 0) is 60.4 Å². The maximum Gasteiger partial charge on any atom is 0.416 e. The summed E-state index contributed by atoms with van der Waals surface area (Å²) in [4.78, 5) is 0. The van der Waals surface area contributed by atoms with Crippen molar-refractivity contribution in [2.75, 3.05) is 0 Å². The van der Waals surface area contributed by atoms with E-state index in [2.05, 4.69) is 0 Å². The highest BCUT2D eigenvalue weighted by Gasteiger charge is 2.29. The molecule has 0 aliphatic heterocycles. The molecular formula is C17H15F3O. The molecular weight excluding hydrogens is 277 g/mol. The Hall–Kier alpha value is -2.23. The molecule has 0 aliphatic rings. The van der Waals surface area contributed by atoms with E-state index in [1.54, 1.807) is 19.9 Å². The molecule has 0 saturated heterocycles. The average molecular weight is 292 g/mol. The third-order valence-electron chi connectivity index (χ3n) is 3.22. The lowest BCUT2D eigenvalue weighted by molar-refractivity contribution is -0.137. The summed E-state index contributed by atoms with van der Waals surface area (Å²) in [6.45, 7) is 3.61. The first-order chi connectivity index (χ1) is 9.77. The van der Waals surface area contributed by atoms with Gasteiger partial charge in [0.05, 0.1) is 5.56 Å². The zero-order valence-corrected chi connectivity index (χ0v) is 11.7. The van der Waals surface area contributed by atoms with Gasteiger partial charge in [0.25, 0.3) is 0 Å². The van der Waals surface area contributed by atoms with Crippen molar-refractivity contribution in [2.24, 2.45) is 0 Å². The van der Waals surface area contributed by atoms with Gasteiger partial charge in [0.2, 0.25) is 0 Å². The van der Waals surface area contributed by atoms with Crippen LogP contribution in [0.2, 0.25) is 0 Å². The van der Waals surface area contributed by atoms with E-state index in [9.17, 15) is 18.3 Å². The van der Waals surface area contributed by atoms with Crippen LogP contribution in [0.1, 0.15) is 27.8 Å². The Morgan fingerprint density at radius 2 is 1.33 bits per heavy atom. The lowest BCUT2D eigenvalue weighted by atomic mass is 10.0. The van der Waals surface area contributed by atoms with Crippen LogP contribution in [0.25, 0.3) is 12.2 Å². The summed E-state index contributed by atoms with van der Waals surface area (Å²) in [5, 5.41) is 9.69. The van der Waals surface area contributed by atoms with Gasteiger partial charge >= 0.3 is 6.18 Å². The maximum absolute atomic E-state index is 12.5. The van der Waals surface area contributed by atoms with Gasteiger partial charge in [0, 0.05) is 0 Å². The number of rotatable bonds is 2. The van der Waals surface area contributed by atoms with Crippen LogP contribution in [0.3, 0.4) is 0 Å². The maximum atomic E-state index is 12.5. The molecule has 1 nitrogen and oxygen atoms in total. The smallest absolute Gasteiger partial charge is 0.416 e. The highest BCUT2D eigenvalue weighted by Crippen LogP contribution is 2.29. The van der Waals surface area contributed by atoms with Gasteiger partial charge in [-0.25, -0.2) is 0 Å². The number of hydrogen-bond donors (Lipinski definition) is 1. The molecule has 0 aromatic heterocycles. The summed E-state index contributed by atoms with van der Waals surface area (Å²) in [6.07, 6.45) is -0.763. The second kappa shape index (κ2) is 5.64. The highest BCUT2D eigenvalue weighted by atomic mass is 19.4. The third-order valence-corrected chi connectivity index (χ3v) is 3.22. The zero-order valence-electron chi connectivity index (χ0n) is 11.7. The van der Waals surface area contributed by atoms with E-state index in [4.69, 9.17) is 0 Å². The summed E-state index contributed by atoms with van der Waals surface area (Å²) >= 11 is 0. The van der Waals surface area contributed by atoms with Crippen LogP contribution >= 0.6 is 0 Å². The molecule has 0 atom stereocenters. The first kappa shape index (κ1) is 15.2. The molecule has 110 valence electrons. The van der Waals surface area contributed by atoms with E-state index in [0.717, 1.165) is 28.8 Å². The van der Waals surface area contributed by atoms with E-state index in [1.165, 1.54) is 12.1 Å². The van der Waals surface area contributed by atoms with Crippen LogP contribution < -0.4 is 0 Å². The Morgan fingerprint density at radius 3 is 1.81 bits per heavy atom. The van der Waals surface area contributed by atoms with Crippen LogP contribution in [0.15, 0.2) is 36.4 Å². The van der Waals surface area contributed by atoms with Gasteiger partial charge < -0.3 is 5.11 Å². The van der Waals surface area contributed by atoms with Gasteiger partial charge in [-0.15, -0.1) is 0 Å². The molecule has 0 radical (unpaired) electrons. The topological polar surface area (TPSA) is 20.2 Å². The summed E-state index contributed by atoms with van der Waals surface area (Å²) in [5.74, 6) is 0.265. The summed E-state index contributed by atoms with van der Waals surface area (Å²) in [6, 6.07) is 8.63. The molecule has 0 amide bonds. The normalized spacial score (nSPS) is 12.0. The first-order valence-corrected chi connectivity index (χ1v) is 6.43. The molecule has 0 unspecified atom stereocenters. The second-order valence-electron chi connectivity index (χ2n) is 4.96. The number of hydrogen-bond acceptors (Lipinski definition) is 1. The molecule has 1 N–H and O–H groups in total. The van der Waals surface area contributed by atoms with Crippen molar-refractivity contribution < 1.29 is 18.3 Å². The fourth-order valence-corrected chi connectivity index (χ4v) is 2.06. The van der Waals surface area contributed by atoms with Gasteiger partial charge in [0.1, 0.15) is 5.75 Å². The standard InChI is InChI=1S/C17H15F3O/c1-11-9-14(10-12(2)16(11)21)4-3-13-5-7-15(8-6-13)17(18,19)20/h3-10,21H,1-2H3/b4-3+. The van der Waals surface area contributed by atoms with E-state index in [-0.39, 0.29) is 5.75 Å². The summed E-state index contributed by atoms with van der Waals surface area (Å²) in [7, 11) is 0. The molecule has 0 bridgehead atoms. The van der Waals surface area contributed by atoms with Crippen LogP contribution in [-0.4, -0.2) is 5.11 Å².